The lowest BCUT2D eigenvalue weighted by Crippen LogP contribution is -2.41. The summed E-state index contributed by atoms with van der Waals surface area (Å²) in [6.07, 6.45) is -4.55. The van der Waals surface area contributed by atoms with Crippen molar-refractivity contribution in [1.82, 2.24) is 4.90 Å². The Morgan fingerprint density at radius 3 is 2.16 bits per heavy atom. The highest BCUT2D eigenvalue weighted by molar-refractivity contribution is 5.95. The number of hydrogen-bond acceptors (Lipinski definition) is 4. The third-order valence-corrected chi connectivity index (χ3v) is 2.21. The van der Waals surface area contributed by atoms with Crippen molar-refractivity contribution in [1.29, 1.82) is 0 Å². The molecule has 0 saturated carbocycles. The van der Waals surface area contributed by atoms with Crippen LogP contribution in [0.1, 0.15) is 10.4 Å². The number of amides is 1. The van der Waals surface area contributed by atoms with Gasteiger partial charge in [0.15, 0.2) is 0 Å². The van der Waals surface area contributed by atoms with Gasteiger partial charge in [0.25, 0.3) is 5.91 Å². The zero-order valence-corrected chi connectivity index (χ0v) is 9.81. The number of aromatic hydroxyl groups is 2. The maximum Gasteiger partial charge on any atom is 0.406 e. The zero-order chi connectivity index (χ0) is 14.6. The standard InChI is InChI=1S/C11H13F3N2O3/c12-11(13,14)6-16(2-1-15)10(19)7-3-8(17)5-9(18)4-7/h3-5,17-18H,1-2,6,15H2. The molecule has 0 fully saturated rings. The summed E-state index contributed by atoms with van der Waals surface area (Å²) in [6.45, 7) is -1.86. The molecule has 19 heavy (non-hydrogen) atoms. The van der Waals surface area contributed by atoms with Crippen LogP contribution in [-0.2, 0) is 0 Å². The van der Waals surface area contributed by atoms with Gasteiger partial charge in [0, 0.05) is 24.7 Å². The van der Waals surface area contributed by atoms with E-state index in [9.17, 15) is 28.2 Å². The molecule has 0 heterocycles. The average Bonchev–Trinajstić information content (AvgIpc) is 2.24. The molecule has 1 rings (SSSR count). The Balaban J connectivity index is 2.98. The summed E-state index contributed by atoms with van der Waals surface area (Å²) in [6, 6.07) is 2.91. The number of carbonyl (C=O) groups is 1. The maximum absolute atomic E-state index is 12.3. The molecule has 0 saturated heterocycles. The molecule has 0 aliphatic rings. The molecular formula is C11H13F3N2O3. The molecule has 8 heteroatoms. The maximum atomic E-state index is 12.3. The summed E-state index contributed by atoms with van der Waals surface area (Å²) in [7, 11) is 0. The summed E-state index contributed by atoms with van der Waals surface area (Å²) < 4.78 is 37.0. The first-order valence-electron chi connectivity index (χ1n) is 5.32. The molecule has 0 aromatic heterocycles. The van der Waals surface area contributed by atoms with E-state index in [-0.39, 0.29) is 18.7 Å². The van der Waals surface area contributed by atoms with E-state index >= 15 is 0 Å². The van der Waals surface area contributed by atoms with Crippen LogP contribution in [0.2, 0.25) is 0 Å². The van der Waals surface area contributed by atoms with Gasteiger partial charge in [-0.15, -0.1) is 0 Å². The van der Waals surface area contributed by atoms with Crippen molar-refractivity contribution >= 4 is 5.91 Å². The van der Waals surface area contributed by atoms with Crippen molar-refractivity contribution in [3.8, 4) is 11.5 Å². The van der Waals surface area contributed by atoms with Crippen molar-refractivity contribution in [2.45, 2.75) is 6.18 Å². The van der Waals surface area contributed by atoms with E-state index in [1.807, 2.05) is 0 Å². The van der Waals surface area contributed by atoms with Crippen LogP contribution in [0.25, 0.3) is 0 Å². The molecule has 1 aromatic carbocycles. The smallest absolute Gasteiger partial charge is 0.406 e. The number of benzene rings is 1. The zero-order valence-electron chi connectivity index (χ0n) is 9.81. The number of rotatable bonds is 4. The Labute approximate surface area is 107 Å². The van der Waals surface area contributed by atoms with Gasteiger partial charge in [-0.1, -0.05) is 0 Å². The SMILES string of the molecule is NCCN(CC(F)(F)F)C(=O)c1cc(O)cc(O)c1. The largest absolute Gasteiger partial charge is 0.508 e. The molecule has 106 valence electrons. The lowest BCUT2D eigenvalue weighted by atomic mass is 10.1. The highest BCUT2D eigenvalue weighted by atomic mass is 19.4. The number of alkyl halides is 3. The topological polar surface area (TPSA) is 86.8 Å². The van der Waals surface area contributed by atoms with Gasteiger partial charge in [0.05, 0.1) is 0 Å². The van der Waals surface area contributed by atoms with Crippen LogP contribution in [0, 0.1) is 0 Å². The fourth-order valence-corrected chi connectivity index (χ4v) is 1.53. The molecule has 0 radical (unpaired) electrons. The summed E-state index contributed by atoms with van der Waals surface area (Å²) in [5, 5.41) is 18.4. The number of nitrogens with zero attached hydrogens (tertiary/aromatic N) is 1. The van der Waals surface area contributed by atoms with E-state index < -0.39 is 30.1 Å². The van der Waals surface area contributed by atoms with Gasteiger partial charge < -0.3 is 20.8 Å². The number of phenols is 2. The molecule has 1 aromatic rings. The number of hydrogen-bond donors (Lipinski definition) is 3. The first-order chi connectivity index (χ1) is 8.73. The van der Waals surface area contributed by atoms with Gasteiger partial charge in [-0.3, -0.25) is 4.79 Å². The van der Waals surface area contributed by atoms with Gasteiger partial charge in [-0.05, 0) is 12.1 Å². The van der Waals surface area contributed by atoms with Crippen LogP contribution in [0.4, 0.5) is 13.2 Å². The summed E-state index contributed by atoms with van der Waals surface area (Å²) in [5.41, 5.74) is 4.92. The number of carbonyl (C=O) groups excluding carboxylic acids is 1. The molecule has 0 bridgehead atoms. The molecule has 0 aliphatic heterocycles. The van der Waals surface area contributed by atoms with E-state index in [0.717, 1.165) is 18.2 Å². The van der Waals surface area contributed by atoms with Crippen LogP contribution < -0.4 is 5.73 Å². The monoisotopic (exact) mass is 278 g/mol. The van der Waals surface area contributed by atoms with E-state index in [1.54, 1.807) is 0 Å². The molecule has 5 nitrogen and oxygen atoms in total. The van der Waals surface area contributed by atoms with Crippen LogP contribution in [-0.4, -0.2) is 46.8 Å². The minimum Gasteiger partial charge on any atom is -0.508 e. The second kappa shape index (κ2) is 5.79. The highest BCUT2D eigenvalue weighted by Gasteiger charge is 2.33. The minimum absolute atomic E-state index is 0.132. The van der Waals surface area contributed by atoms with Gasteiger partial charge in [0.1, 0.15) is 18.0 Å². The average molecular weight is 278 g/mol. The first-order valence-corrected chi connectivity index (χ1v) is 5.32. The van der Waals surface area contributed by atoms with Gasteiger partial charge in [-0.2, -0.15) is 13.2 Å². The van der Waals surface area contributed by atoms with Crippen molar-refractivity contribution in [2.75, 3.05) is 19.6 Å². The van der Waals surface area contributed by atoms with Crippen LogP contribution >= 0.6 is 0 Å². The Bertz CT molecular complexity index is 443. The van der Waals surface area contributed by atoms with Crippen LogP contribution in [0.5, 0.6) is 11.5 Å². The molecule has 0 aliphatic carbocycles. The first kappa shape index (κ1) is 15.1. The second-order valence-electron chi connectivity index (χ2n) is 3.87. The van der Waals surface area contributed by atoms with E-state index in [2.05, 4.69) is 0 Å². The van der Waals surface area contributed by atoms with Gasteiger partial charge >= 0.3 is 6.18 Å². The molecular weight excluding hydrogens is 265 g/mol. The third kappa shape index (κ3) is 4.66. The quantitative estimate of drug-likeness (QED) is 0.768. The van der Waals surface area contributed by atoms with Gasteiger partial charge in [-0.25, -0.2) is 0 Å². The number of halogens is 3. The normalized spacial score (nSPS) is 11.4. The Morgan fingerprint density at radius 1 is 1.21 bits per heavy atom. The number of nitrogens with two attached hydrogens (primary N) is 1. The lowest BCUT2D eigenvalue weighted by molar-refractivity contribution is -0.140. The highest BCUT2D eigenvalue weighted by Crippen LogP contribution is 2.23. The predicted octanol–water partition coefficient (Wildman–Crippen LogP) is 1.06. The summed E-state index contributed by atoms with van der Waals surface area (Å²) in [4.78, 5) is 12.4. The van der Waals surface area contributed by atoms with Crippen molar-refractivity contribution < 1.29 is 28.2 Å². The second-order valence-corrected chi connectivity index (χ2v) is 3.87. The van der Waals surface area contributed by atoms with E-state index in [0.29, 0.717) is 4.90 Å². The summed E-state index contributed by atoms with van der Waals surface area (Å²) in [5.74, 6) is -1.79. The lowest BCUT2D eigenvalue weighted by Gasteiger charge is -2.23. The predicted molar refractivity (Wildman–Crippen MR) is 60.8 cm³/mol. The van der Waals surface area contributed by atoms with Gasteiger partial charge in [0.2, 0.25) is 0 Å². The van der Waals surface area contributed by atoms with E-state index in [1.165, 1.54) is 0 Å². The third-order valence-electron chi connectivity index (χ3n) is 2.21. The molecule has 0 spiro atoms. The molecule has 0 unspecified atom stereocenters. The summed E-state index contributed by atoms with van der Waals surface area (Å²) >= 11 is 0. The fourth-order valence-electron chi connectivity index (χ4n) is 1.53. The van der Waals surface area contributed by atoms with Crippen molar-refractivity contribution in [2.24, 2.45) is 5.73 Å². The Hall–Kier alpha value is -1.96. The fraction of sp³-hybridized carbons (Fsp3) is 0.364. The Kier molecular flexibility index (Phi) is 4.60. The Morgan fingerprint density at radius 2 is 1.74 bits per heavy atom. The minimum atomic E-state index is -4.55. The van der Waals surface area contributed by atoms with Crippen molar-refractivity contribution in [3.63, 3.8) is 0 Å². The van der Waals surface area contributed by atoms with E-state index in [4.69, 9.17) is 5.73 Å². The number of phenolic OH excluding ortho intramolecular Hbond substituents is 2. The molecule has 1 amide bonds. The van der Waals surface area contributed by atoms with Crippen molar-refractivity contribution in [3.05, 3.63) is 23.8 Å². The van der Waals surface area contributed by atoms with Crippen LogP contribution in [0.3, 0.4) is 0 Å². The molecule has 4 N–H and O–H groups in total. The molecule has 0 atom stereocenters. The van der Waals surface area contributed by atoms with Crippen LogP contribution in [0.15, 0.2) is 18.2 Å².